The van der Waals surface area contributed by atoms with E-state index in [1.165, 1.54) is 186 Å². The quantitative estimate of drug-likeness (QED) is 0.0222. The standard InChI is InChI=1S/C73H142O17P2/c1-7-9-11-13-15-30-39-45-51-57-72(77)89-68(61-83-70(75)55-49-43-37-16-14-12-10-8-2)63-87-91(79,80)85-59-67(74)60-86-92(81,82)88-64-69(62-84-71(76)56-50-44-38-33-28-25-21-23-27-32-36-42-48-54-66(5)6)90-73(78)58-52-46-40-34-29-24-20-18-17-19-22-26-31-35-41-47-53-65(3)4/h65-69,74H,7-64H2,1-6H3,(H,79,80)(H,81,82)/t67-,68+,69+/m0/s1. The predicted octanol–water partition coefficient (Wildman–Crippen LogP) is 21.2. The molecule has 0 aliphatic rings. The number of carbonyl (C=O) groups excluding carboxylic acids is 4. The van der Waals surface area contributed by atoms with Crippen molar-refractivity contribution in [2.45, 2.75) is 394 Å². The monoisotopic (exact) mass is 1350 g/mol. The van der Waals surface area contributed by atoms with Crippen LogP contribution in [0.2, 0.25) is 0 Å². The highest BCUT2D eigenvalue weighted by Gasteiger charge is 2.30. The minimum atomic E-state index is -4.95. The highest BCUT2D eigenvalue weighted by atomic mass is 31.2. The maximum Gasteiger partial charge on any atom is 0.472 e. The van der Waals surface area contributed by atoms with E-state index in [1.54, 1.807) is 0 Å². The fourth-order valence-corrected chi connectivity index (χ4v) is 12.7. The Morgan fingerprint density at radius 2 is 0.500 bits per heavy atom. The molecule has 17 nitrogen and oxygen atoms in total. The summed E-state index contributed by atoms with van der Waals surface area (Å²) in [5.41, 5.74) is 0. The molecule has 0 aromatic carbocycles. The summed E-state index contributed by atoms with van der Waals surface area (Å²) >= 11 is 0. The van der Waals surface area contributed by atoms with Gasteiger partial charge in [0.15, 0.2) is 12.2 Å². The van der Waals surface area contributed by atoms with Gasteiger partial charge in [0.1, 0.15) is 19.3 Å². The summed E-state index contributed by atoms with van der Waals surface area (Å²) in [7, 11) is -9.90. The summed E-state index contributed by atoms with van der Waals surface area (Å²) < 4.78 is 68.3. The third-order valence-electron chi connectivity index (χ3n) is 17.0. The molecule has 3 N–H and O–H groups in total. The first-order valence-corrected chi connectivity index (χ1v) is 41.0. The van der Waals surface area contributed by atoms with Crippen molar-refractivity contribution in [2.75, 3.05) is 39.6 Å². The number of aliphatic hydroxyl groups is 1. The molecule has 92 heavy (non-hydrogen) atoms. The maximum atomic E-state index is 13.1. The summed E-state index contributed by atoms with van der Waals surface area (Å²) in [6, 6.07) is 0. The first-order chi connectivity index (χ1) is 44.4. The molecule has 19 heteroatoms. The van der Waals surface area contributed by atoms with E-state index in [4.69, 9.17) is 37.0 Å². The van der Waals surface area contributed by atoms with Crippen molar-refractivity contribution >= 4 is 39.5 Å². The lowest BCUT2D eigenvalue weighted by Crippen LogP contribution is -2.30. The maximum absolute atomic E-state index is 13.1. The Labute approximate surface area is 562 Å². The third kappa shape index (κ3) is 66.7. The number of hydrogen-bond donors (Lipinski definition) is 3. The zero-order valence-electron chi connectivity index (χ0n) is 59.9. The van der Waals surface area contributed by atoms with Gasteiger partial charge in [-0.1, -0.05) is 324 Å². The van der Waals surface area contributed by atoms with Crippen LogP contribution in [0.5, 0.6) is 0 Å². The summed E-state index contributed by atoms with van der Waals surface area (Å²) in [5, 5.41) is 10.6. The SMILES string of the molecule is CCCCCCCCCCCC(=O)O[C@H](COC(=O)CCCCCCCCCC)COP(=O)(O)OC[C@H](O)COP(=O)(O)OC[C@@H](COC(=O)CCCCCCCCCCCCCCCC(C)C)OC(=O)CCCCCCCCCCCCCCCCCCC(C)C. The van der Waals surface area contributed by atoms with Gasteiger partial charge in [-0.05, 0) is 37.5 Å². The molecule has 2 unspecified atom stereocenters. The molecule has 5 atom stereocenters. The van der Waals surface area contributed by atoms with Gasteiger partial charge in [0, 0.05) is 25.7 Å². The van der Waals surface area contributed by atoms with Crippen LogP contribution < -0.4 is 0 Å². The molecule has 0 aromatic heterocycles. The second-order valence-corrected chi connectivity index (χ2v) is 30.2. The molecule has 546 valence electrons. The molecule has 0 saturated heterocycles. The van der Waals surface area contributed by atoms with Crippen LogP contribution in [-0.2, 0) is 65.4 Å². The number of ether oxygens (including phenoxy) is 4. The van der Waals surface area contributed by atoms with Crippen LogP contribution in [0, 0.1) is 11.8 Å². The van der Waals surface area contributed by atoms with Crippen LogP contribution in [0.25, 0.3) is 0 Å². The number of carbonyl (C=O) groups is 4. The van der Waals surface area contributed by atoms with Gasteiger partial charge in [-0.2, -0.15) is 0 Å². The van der Waals surface area contributed by atoms with Crippen molar-refractivity contribution in [1.82, 2.24) is 0 Å². The van der Waals surface area contributed by atoms with E-state index in [-0.39, 0.29) is 25.7 Å². The van der Waals surface area contributed by atoms with Gasteiger partial charge in [-0.25, -0.2) is 9.13 Å². The first-order valence-electron chi connectivity index (χ1n) is 38.0. The molecule has 0 spiro atoms. The second-order valence-electron chi connectivity index (χ2n) is 27.3. The van der Waals surface area contributed by atoms with E-state index in [0.29, 0.717) is 25.7 Å². The average molecular weight is 1350 g/mol. The molecule has 0 rings (SSSR count). The Bertz CT molecular complexity index is 1790. The van der Waals surface area contributed by atoms with Crippen molar-refractivity contribution in [2.24, 2.45) is 11.8 Å². The summed E-state index contributed by atoms with van der Waals surface area (Å²) in [4.78, 5) is 72.5. The van der Waals surface area contributed by atoms with E-state index < -0.39 is 97.5 Å². The van der Waals surface area contributed by atoms with Gasteiger partial charge >= 0.3 is 39.5 Å². The van der Waals surface area contributed by atoms with E-state index in [0.717, 1.165) is 108 Å². The molecular formula is C73H142O17P2. The van der Waals surface area contributed by atoms with Crippen LogP contribution in [0.4, 0.5) is 0 Å². The first kappa shape index (κ1) is 90.1. The van der Waals surface area contributed by atoms with Gasteiger partial charge in [-0.15, -0.1) is 0 Å². The molecular weight excluding hydrogens is 1210 g/mol. The number of aliphatic hydroxyl groups excluding tert-OH is 1. The molecule has 0 bridgehead atoms. The Morgan fingerprint density at radius 3 is 0.739 bits per heavy atom. The number of hydrogen-bond acceptors (Lipinski definition) is 15. The van der Waals surface area contributed by atoms with Crippen LogP contribution in [0.3, 0.4) is 0 Å². The minimum Gasteiger partial charge on any atom is -0.462 e. The molecule has 0 aromatic rings. The zero-order valence-corrected chi connectivity index (χ0v) is 61.6. The topological polar surface area (TPSA) is 237 Å². The highest BCUT2D eigenvalue weighted by Crippen LogP contribution is 2.45. The van der Waals surface area contributed by atoms with Crippen molar-refractivity contribution in [3.8, 4) is 0 Å². The van der Waals surface area contributed by atoms with E-state index in [1.807, 2.05) is 0 Å². The number of rotatable bonds is 72. The predicted molar refractivity (Wildman–Crippen MR) is 372 cm³/mol. The molecule has 0 saturated carbocycles. The number of unbranched alkanes of at least 4 members (excludes halogenated alkanes) is 42. The number of esters is 4. The summed E-state index contributed by atoms with van der Waals surface area (Å²) in [5.74, 6) is -0.523. The van der Waals surface area contributed by atoms with Crippen molar-refractivity contribution in [3.05, 3.63) is 0 Å². The van der Waals surface area contributed by atoms with Gasteiger partial charge < -0.3 is 33.8 Å². The van der Waals surface area contributed by atoms with Crippen LogP contribution >= 0.6 is 15.6 Å². The lowest BCUT2D eigenvalue weighted by Gasteiger charge is -2.21. The van der Waals surface area contributed by atoms with Crippen LogP contribution in [0.1, 0.15) is 375 Å². The van der Waals surface area contributed by atoms with Crippen LogP contribution in [0.15, 0.2) is 0 Å². The van der Waals surface area contributed by atoms with E-state index in [9.17, 15) is 43.2 Å². The summed E-state index contributed by atoms with van der Waals surface area (Å²) in [6.45, 7) is 9.58. The van der Waals surface area contributed by atoms with Gasteiger partial charge in [-0.3, -0.25) is 37.3 Å². The van der Waals surface area contributed by atoms with Crippen molar-refractivity contribution < 1.29 is 80.2 Å². The van der Waals surface area contributed by atoms with Crippen LogP contribution in [-0.4, -0.2) is 96.7 Å². The molecule has 0 heterocycles. The normalized spacial score (nSPS) is 14.1. The van der Waals surface area contributed by atoms with E-state index in [2.05, 4.69) is 41.5 Å². The second kappa shape index (κ2) is 65.0. The Hall–Kier alpha value is -1.94. The Kier molecular flexibility index (Phi) is 63.7. The Morgan fingerprint density at radius 1 is 0.293 bits per heavy atom. The number of phosphoric ester groups is 2. The highest BCUT2D eigenvalue weighted by molar-refractivity contribution is 7.47. The van der Waals surface area contributed by atoms with Gasteiger partial charge in [0.2, 0.25) is 0 Å². The largest absolute Gasteiger partial charge is 0.472 e. The third-order valence-corrected chi connectivity index (χ3v) is 18.9. The lowest BCUT2D eigenvalue weighted by atomic mass is 10.0. The molecule has 0 radical (unpaired) electrons. The molecule has 0 aliphatic carbocycles. The molecule has 0 fully saturated rings. The van der Waals surface area contributed by atoms with Gasteiger partial charge in [0.25, 0.3) is 0 Å². The molecule has 0 aliphatic heterocycles. The van der Waals surface area contributed by atoms with Gasteiger partial charge in [0.05, 0.1) is 26.4 Å². The molecule has 0 amide bonds. The zero-order chi connectivity index (χ0) is 67.9. The van der Waals surface area contributed by atoms with Crippen molar-refractivity contribution in [1.29, 1.82) is 0 Å². The minimum absolute atomic E-state index is 0.106. The number of phosphoric acid groups is 2. The fourth-order valence-electron chi connectivity index (χ4n) is 11.1. The summed E-state index contributed by atoms with van der Waals surface area (Å²) in [6.07, 6.45) is 51.4. The Balaban J connectivity index is 5.18. The van der Waals surface area contributed by atoms with Crippen molar-refractivity contribution in [3.63, 3.8) is 0 Å². The lowest BCUT2D eigenvalue weighted by molar-refractivity contribution is -0.161. The fraction of sp³-hybridized carbons (Fsp3) is 0.945. The smallest absolute Gasteiger partial charge is 0.462 e. The van der Waals surface area contributed by atoms with E-state index >= 15 is 0 Å². The average Bonchev–Trinajstić information content (AvgIpc) is 3.69.